The van der Waals surface area contributed by atoms with Gasteiger partial charge in [0, 0.05) is 45.2 Å². The highest BCUT2D eigenvalue weighted by Gasteiger charge is 2.24. The van der Waals surface area contributed by atoms with Crippen molar-refractivity contribution in [2.75, 3.05) is 37.8 Å². The number of carbonyl (C=O) groups is 1. The summed E-state index contributed by atoms with van der Waals surface area (Å²) in [5, 5.41) is 3.00. The molecule has 0 unspecified atom stereocenters. The van der Waals surface area contributed by atoms with E-state index in [0.717, 1.165) is 38.8 Å². The summed E-state index contributed by atoms with van der Waals surface area (Å²) in [5.41, 5.74) is -0.116. The van der Waals surface area contributed by atoms with Gasteiger partial charge in [0.05, 0.1) is 12.7 Å². The number of hydrogen-bond acceptors (Lipinski definition) is 6. The number of carbonyl (C=O) groups excluding carboxylic acids is 1. The first-order valence-electron chi connectivity index (χ1n) is 8.89. The fourth-order valence-corrected chi connectivity index (χ4v) is 3.32. The summed E-state index contributed by atoms with van der Waals surface area (Å²) in [5.74, 6) is 0.317. The van der Waals surface area contributed by atoms with Gasteiger partial charge in [-0.1, -0.05) is 0 Å². The van der Waals surface area contributed by atoms with Gasteiger partial charge in [-0.2, -0.15) is 0 Å². The lowest BCUT2D eigenvalue weighted by Crippen LogP contribution is -2.50. The monoisotopic (exact) mass is 350 g/mol. The molecule has 2 fully saturated rings. The van der Waals surface area contributed by atoms with Crippen LogP contribution in [0, 0.1) is 0 Å². The third-order valence-corrected chi connectivity index (χ3v) is 4.65. The van der Waals surface area contributed by atoms with E-state index in [0.29, 0.717) is 19.0 Å². The third kappa shape index (κ3) is 4.79. The molecule has 0 radical (unpaired) electrons. The second kappa shape index (κ2) is 8.44. The van der Waals surface area contributed by atoms with E-state index < -0.39 is 0 Å². The fourth-order valence-electron chi connectivity index (χ4n) is 3.32. The van der Waals surface area contributed by atoms with E-state index >= 15 is 0 Å². The van der Waals surface area contributed by atoms with Crippen LogP contribution in [0.1, 0.15) is 25.7 Å². The van der Waals surface area contributed by atoms with E-state index in [1.807, 2.05) is 4.90 Å². The quantitative estimate of drug-likeness (QED) is 0.781. The SMILES string of the molecule is Cn1ccnc(N2CCC[C@H](NC(=O)COC[C@@H]3CCCO3)C2)c1=O. The Kier molecular flexibility index (Phi) is 6.04. The highest BCUT2D eigenvalue weighted by atomic mass is 16.5. The van der Waals surface area contributed by atoms with E-state index in [1.165, 1.54) is 4.57 Å². The normalized spacial score (nSPS) is 23.6. The predicted octanol–water partition coefficient (Wildman–Crippen LogP) is 0.0609. The number of anilines is 1. The van der Waals surface area contributed by atoms with Crippen molar-refractivity contribution in [3.05, 3.63) is 22.7 Å². The van der Waals surface area contributed by atoms with Gasteiger partial charge in [0.2, 0.25) is 5.91 Å². The summed E-state index contributed by atoms with van der Waals surface area (Å²) in [7, 11) is 1.71. The molecule has 1 N–H and O–H groups in total. The number of aryl methyl sites for hydroxylation is 1. The molecule has 1 aromatic rings. The van der Waals surface area contributed by atoms with Crippen LogP contribution in [0.3, 0.4) is 0 Å². The molecule has 0 bridgehead atoms. The average Bonchev–Trinajstić information content (AvgIpc) is 3.11. The van der Waals surface area contributed by atoms with Crippen molar-refractivity contribution in [2.45, 2.75) is 37.8 Å². The molecule has 0 aromatic carbocycles. The maximum Gasteiger partial charge on any atom is 0.293 e. The summed E-state index contributed by atoms with van der Waals surface area (Å²) >= 11 is 0. The Balaban J connectivity index is 1.47. The van der Waals surface area contributed by atoms with Crippen molar-refractivity contribution in [3.63, 3.8) is 0 Å². The van der Waals surface area contributed by atoms with Crippen LogP contribution in [0.15, 0.2) is 17.2 Å². The molecule has 8 heteroatoms. The number of nitrogens with one attached hydrogen (secondary N) is 1. The fraction of sp³-hybridized carbons (Fsp3) is 0.706. The first kappa shape index (κ1) is 17.9. The second-order valence-electron chi connectivity index (χ2n) is 6.67. The number of aromatic nitrogens is 2. The molecular weight excluding hydrogens is 324 g/mol. The minimum Gasteiger partial charge on any atom is -0.376 e. The average molecular weight is 350 g/mol. The predicted molar refractivity (Wildman–Crippen MR) is 92.6 cm³/mol. The van der Waals surface area contributed by atoms with Crippen LogP contribution in [-0.4, -0.2) is 60.5 Å². The summed E-state index contributed by atoms with van der Waals surface area (Å²) in [6.45, 7) is 2.65. The molecule has 0 aliphatic carbocycles. The summed E-state index contributed by atoms with van der Waals surface area (Å²) in [6, 6.07) is -0.000655. The van der Waals surface area contributed by atoms with E-state index in [1.54, 1.807) is 19.4 Å². The molecule has 2 atom stereocenters. The Morgan fingerprint density at radius 3 is 3.12 bits per heavy atom. The molecule has 8 nitrogen and oxygen atoms in total. The van der Waals surface area contributed by atoms with Crippen LogP contribution >= 0.6 is 0 Å². The minimum absolute atomic E-state index is 0.000655. The second-order valence-corrected chi connectivity index (χ2v) is 6.67. The molecule has 2 saturated heterocycles. The minimum atomic E-state index is -0.126. The van der Waals surface area contributed by atoms with Crippen molar-refractivity contribution in [1.82, 2.24) is 14.9 Å². The Labute approximate surface area is 147 Å². The first-order valence-corrected chi connectivity index (χ1v) is 8.89. The number of ether oxygens (including phenoxy) is 2. The van der Waals surface area contributed by atoms with Crippen LogP contribution in [0.25, 0.3) is 0 Å². The van der Waals surface area contributed by atoms with Gasteiger partial charge in [0.15, 0.2) is 5.82 Å². The zero-order valence-electron chi connectivity index (χ0n) is 14.6. The van der Waals surface area contributed by atoms with Crippen molar-refractivity contribution in [2.24, 2.45) is 7.05 Å². The van der Waals surface area contributed by atoms with Crippen LogP contribution in [0.4, 0.5) is 5.82 Å². The van der Waals surface area contributed by atoms with Crippen molar-refractivity contribution < 1.29 is 14.3 Å². The number of piperidine rings is 1. The maximum atomic E-state index is 12.2. The molecular formula is C17H26N4O4. The molecule has 3 rings (SSSR count). The van der Waals surface area contributed by atoms with Gasteiger partial charge in [-0.05, 0) is 25.7 Å². The summed E-state index contributed by atoms with van der Waals surface area (Å²) in [4.78, 5) is 30.4. The molecule has 1 aromatic heterocycles. The van der Waals surface area contributed by atoms with Gasteiger partial charge in [-0.15, -0.1) is 0 Å². The highest BCUT2D eigenvalue weighted by Crippen LogP contribution is 2.15. The Morgan fingerprint density at radius 1 is 1.44 bits per heavy atom. The zero-order chi connectivity index (χ0) is 17.6. The number of hydrogen-bond donors (Lipinski definition) is 1. The van der Waals surface area contributed by atoms with Gasteiger partial charge in [-0.3, -0.25) is 9.59 Å². The zero-order valence-corrected chi connectivity index (χ0v) is 14.6. The van der Waals surface area contributed by atoms with E-state index in [9.17, 15) is 9.59 Å². The Morgan fingerprint density at radius 2 is 2.32 bits per heavy atom. The molecule has 1 amide bonds. The van der Waals surface area contributed by atoms with Gasteiger partial charge < -0.3 is 24.3 Å². The van der Waals surface area contributed by atoms with E-state index in [-0.39, 0.29) is 30.2 Å². The van der Waals surface area contributed by atoms with Gasteiger partial charge in [0.25, 0.3) is 5.56 Å². The molecule has 0 saturated carbocycles. The lowest BCUT2D eigenvalue weighted by atomic mass is 10.1. The van der Waals surface area contributed by atoms with Crippen molar-refractivity contribution in [3.8, 4) is 0 Å². The Hall–Kier alpha value is -1.93. The molecule has 138 valence electrons. The van der Waals surface area contributed by atoms with E-state index in [4.69, 9.17) is 9.47 Å². The number of rotatable bonds is 6. The topological polar surface area (TPSA) is 85.7 Å². The van der Waals surface area contributed by atoms with Crippen LogP contribution in [-0.2, 0) is 21.3 Å². The van der Waals surface area contributed by atoms with Crippen LogP contribution in [0.2, 0.25) is 0 Å². The van der Waals surface area contributed by atoms with Gasteiger partial charge in [-0.25, -0.2) is 4.98 Å². The largest absolute Gasteiger partial charge is 0.376 e. The van der Waals surface area contributed by atoms with Crippen molar-refractivity contribution >= 4 is 11.7 Å². The van der Waals surface area contributed by atoms with Gasteiger partial charge in [0.1, 0.15) is 6.61 Å². The van der Waals surface area contributed by atoms with Crippen molar-refractivity contribution in [1.29, 1.82) is 0 Å². The molecule has 2 aliphatic heterocycles. The highest BCUT2D eigenvalue weighted by molar-refractivity contribution is 5.77. The van der Waals surface area contributed by atoms with E-state index in [2.05, 4.69) is 10.3 Å². The van der Waals surface area contributed by atoms with Crippen LogP contribution < -0.4 is 15.8 Å². The first-order chi connectivity index (χ1) is 12.1. The Bertz CT molecular complexity index is 642. The number of nitrogens with zero attached hydrogens (tertiary/aromatic N) is 3. The molecule has 0 spiro atoms. The molecule has 2 aliphatic rings. The smallest absolute Gasteiger partial charge is 0.293 e. The molecule has 3 heterocycles. The van der Waals surface area contributed by atoms with Crippen LogP contribution in [0.5, 0.6) is 0 Å². The summed E-state index contributed by atoms with van der Waals surface area (Å²) < 4.78 is 12.4. The van der Waals surface area contributed by atoms with Gasteiger partial charge >= 0.3 is 0 Å². The summed E-state index contributed by atoms with van der Waals surface area (Å²) in [6.07, 6.45) is 7.24. The maximum absolute atomic E-state index is 12.2. The standard InChI is InChI=1S/C17H26N4O4/c1-20-8-6-18-16(17(20)23)21-7-2-4-13(10-21)19-15(22)12-24-11-14-5-3-9-25-14/h6,8,13-14H,2-5,7,9-12H2,1H3,(H,19,22)/t13-,14-/m0/s1. The lowest BCUT2D eigenvalue weighted by molar-refractivity contribution is -0.127. The third-order valence-electron chi connectivity index (χ3n) is 4.65. The number of amides is 1. The molecule has 25 heavy (non-hydrogen) atoms. The lowest BCUT2D eigenvalue weighted by Gasteiger charge is -2.33.